The molecule has 0 aromatic heterocycles. The number of halogens is 2. The van der Waals surface area contributed by atoms with Crippen molar-refractivity contribution in [1.29, 1.82) is 0 Å². The van der Waals surface area contributed by atoms with Crippen LogP contribution in [0.1, 0.15) is 58.3 Å². The van der Waals surface area contributed by atoms with Crippen LogP contribution in [0.25, 0.3) is 27.3 Å². The Morgan fingerprint density at radius 1 is 0.610 bits per heavy atom. The number of rotatable bonds is 10. The van der Waals surface area contributed by atoms with E-state index in [0.29, 0.717) is 6.42 Å². The quantitative estimate of drug-likeness (QED) is 0.123. The molecule has 0 heterocycles. The van der Waals surface area contributed by atoms with E-state index in [4.69, 9.17) is 5.73 Å². The number of carbonyl (C=O) groups is 1. The minimum atomic E-state index is -0.413. The van der Waals surface area contributed by atoms with Crippen LogP contribution in [0, 0.1) is 0 Å². The monoisotopic (exact) mass is 767 g/mol. The maximum Gasteiger partial charge on any atom is 4.00 e. The van der Waals surface area contributed by atoms with Gasteiger partial charge in [0.05, 0.1) is 0 Å². The molecule has 0 aliphatic rings. The smallest absolute Gasteiger partial charge is 1.00 e. The fraction of sp³-hybridized carbons (Fsp3) is 0.257. The van der Waals surface area contributed by atoms with Crippen LogP contribution in [0.5, 0.6) is 0 Å². The number of benzene rings is 4. The summed E-state index contributed by atoms with van der Waals surface area (Å²) in [6, 6.07) is 40.4. The van der Waals surface area contributed by atoms with E-state index in [0.717, 1.165) is 22.4 Å². The SMILES string of the molecule is CCCCCCCCCC([NH-])=O.[Cl-].[Cl-].[Hf+4].c1ccc([Si]c2ccccc2)cc1.c1ccc2c(c1)[cH-]c1ccccc12. The largest absolute Gasteiger partial charge is 4.00 e. The van der Waals surface area contributed by atoms with Gasteiger partial charge >= 0.3 is 25.8 Å². The number of carbonyl (C=O) groups excluding carboxylic acids is 1. The maximum absolute atomic E-state index is 10.2. The number of fused-ring (bicyclic) bond motifs is 3. The van der Waals surface area contributed by atoms with E-state index in [1.807, 2.05) is 0 Å². The van der Waals surface area contributed by atoms with E-state index in [2.05, 4.69) is 122 Å². The van der Waals surface area contributed by atoms with Crippen molar-refractivity contribution in [1.82, 2.24) is 0 Å². The molecule has 0 saturated heterocycles. The predicted molar refractivity (Wildman–Crippen MR) is 167 cm³/mol. The van der Waals surface area contributed by atoms with Gasteiger partial charge in [-0.3, -0.25) is 0 Å². The number of unbranched alkanes of at least 4 members (excludes halogenated alkanes) is 6. The summed E-state index contributed by atoms with van der Waals surface area (Å²) in [5, 5.41) is 8.19. The standard InChI is InChI=1S/C13H9.C12H10Si.C10H21NO.2ClH.Hf/c1-3-7-12-10(5-1)9-11-6-2-4-8-13(11)12;1-3-7-11(8-4-1)13-12-9-5-2-6-10-12;1-2-3-4-5-6-7-8-9-10(11)12;;;/h1-9H;1-10H;2-9H2,1H3,(H2,11,12);2*1H;/q-1;;;;;+4/p-3. The van der Waals surface area contributed by atoms with Crippen molar-refractivity contribution in [3.05, 3.63) is 121 Å². The second kappa shape index (κ2) is 23.4. The number of hydrogen-bond donors (Lipinski definition) is 0. The minimum Gasteiger partial charge on any atom is -1.00 e. The van der Waals surface area contributed by atoms with Crippen LogP contribution in [0.15, 0.2) is 115 Å². The van der Waals surface area contributed by atoms with Gasteiger partial charge in [0.25, 0.3) is 0 Å². The molecule has 0 atom stereocenters. The molecular weight excluding hydrogens is 728 g/mol. The zero-order chi connectivity index (χ0) is 26.8. The van der Waals surface area contributed by atoms with Crippen molar-refractivity contribution >= 4 is 47.3 Å². The van der Waals surface area contributed by atoms with Gasteiger partial charge < -0.3 is 35.3 Å². The maximum atomic E-state index is 10.2. The van der Waals surface area contributed by atoms with E-state index in [1.165, 1.54) is 64.0 Å². The topological polar surface area (TPSA) is 40.9 Å². The fourth-order valence-corrected chi connectivity index (χ4v) is 5.41. The Morgan fingerprint density at radius 2 is 1.00 bits per heavy atom. The molecule has 41 heavy (non-hydrogen) atoms. The zero-order valence-corrected chi connectivity index (χ0v) is 29.9. The van der Waals surface area contributed by atoms with Crippen LogP contribution in [-0.4, -0.2) is 15.4 Å². The summed E-state index contributed by atoms with van der Waals surface area (Å²) in [4.78, 5) is 10.2. The van der Waals surface area contributed by atoms with Crippen LogP contribution in [0.3, 0.4) is 0 Å². The van der Waals surface area contributed by atoms with E-state index in [1.54, 1.807) is 0 Å². The Bertz CT molecular complexity index is 1260. The Balaban J connectivity index is 0.000000566. The van der Waals surface area contributed by atoms with Gasteiger partial charge in [-0.2, -0.15) is 0 Å². The Morgan fingerprint density at radius 3 is 1.44 bits per heavy atom. The summed E-state index contributed by atoms with van der Waals surface area (Å²) in [5.74, 6) is -0.413. The summed E-state index contributed by atoms with van der Waals surface area (Å²) in [6.45, 7) is 2.21. The molecule has 5 aromatic carbocycles. The van der Waals surface area contributed by atoms with Crippen molar-refractivity contribution in [2.24, 2.45) is 0 Å². The first-order valence-electron chi connectivity index (χ1n) is 13.8. The zero-order valence-electron chi connectivity index (χ0n) is 23.8. The first kappa shape index (κ1) is 38.9. The fourth-order valence-electron chi connectivity index (χ4n) is 4.36. The Hall–Kier alpha value is -2.11. The minimum absolute atomic E-state index is 0. The first-order valence-corrected chi connectivity index (χ1v) is 14.8. The first-order chi connectivity index (χ1) is 18.7. The van der Waals surface area contributed by atoms with Crippen LogP contribution >= 0.6 is 0 Å². The predicted octanol–water partition coefficient (Wildman–Crippen LogP) is 2.76. The van der Waals surface area contributed by atoms with Crippen LogP contribution in [-0.2, 0) is 30.6 Å². The van der Waals surface area contributed by atoms with Gasteiger partial charge in [-0.1, -0.05) is 153 Å². The second-order valence-corrected chi connectivity index (χ2v) is 10.9. The van der Waals surface area contributed by atoms with Crippen LogP contribution in [0.4, 0.5) is 0 Å². The average molecular weight is 767 g/mol. The number of nitrogens with one attached hydrogen (secondary N) is 1. The van der Waals surface area contributed by atoms with E-state index < -0.39 is 5.91 Å². The number of amides is 1. The normalized spacial score (nSPS) is 9.59. The Kier molecular flexibility index (Phi) is 22.2. The molecule has 6 heteroatoms. The Labute approximate surface area is 280 Å². The molecule has 212 valence electrons. The molecule has 5 rings (SSSR count). The van der Waals surface area contributed by atoms with Gasteiger partial charge in [-0.15, -0.1) is 39.7 Å². The molecule has 1 amide bonds. The van der Waals surface area contributed by atoms with Crippen molar-refractivity contribution in [2.45, 2.75) is 58.3 Å². The molecule has 0 aliphatic heterocycles. The third-order valence-corrected chi connectivity index (χ3v) is 7.61. The summed E-state index contributed by atoms with van der Waals surface area (Å²) in [6.07, 6.45) is 8.94. The van der Waals surface area contributed by atoms with Gasteiger partial charge in [0.15, 0.2) is 0 Å². The summed E-state index contributed by atoms with van der Waals surface area (Å²) in [5.41, 5.74) is 6.69. The molecule has 0 spiro atoms. The van der Waals surface area contributed by atoms with E-state index in [9.17, 15) is 4.79 Å². The molecular formula is C35H39Cl2HfNOSi. The van der Waals surface area contributed by atoms with Crippen molar-refractivity contribution < 1.29 is 55.5 Å². The third-order valence-electron chi connectivity index (χ3n) is 6.37. The van der Waals surface area contributed by atoms with Crippen molar-refractivity contribution in [3.63, 3.8) is 0 Å². The van der Waals surface area contributed by atoms with Crippen LogP contribution < -0.4 is 35.2 Å². The van der Waals surface area contributed by atoms with Crippen molar-refractivity contribution in [2.75, 3.05) is 0 Å². The molecule has 5 aromatic rings. The second-order valence-electron chi connectivity index (χ2n) is 9.47. The average Bonchev–Trinajstić information content (AvgIpc) is 3.33. The van der Waals surface area contributed by atoms with Gasteiger partial charge in [0, 0.05) is 5.91 Å². The van der Waals surface area contributed by atoms with E-state index in [-0.39, 0.29) is 50.7 Å². The molecule has 0 saturated carbocycles. The summed E-state index contributed by atoms with van der Waals surface area (Å²) in [7, 11) is 0.777. The van der Waals surface area contributed by atoms with Crippen molar-refractivity contribution in [3.8, 4) is 0 Å². The molecule has 0 bridgehead atoms. The van der Waals surface area contributed by atoms with E-state index >= 15 is 0 Å². The molecule has 0 aliphatic carbocycles. The van der Waals surface area contributed by atoms with Gasteiger partial charge in [0.1, 0.15) is 9.52 Å². The number of hydrogen-bond acceptors (Lipinski definition) is 1. The third kappa shape index (κ3) is 15.1. The molecule has 2 radical (unpaired) electrons. The molecule has 1 N–H and O–H groups in total. The molecule has 0 fully saturated rings. The van der Waals surface area contributed by atoms with Gasteiger partial charge in [0.2, 0.25) is 0 Å². The van der Waals surface area contributed by atoms with Gasteiger partial charge in [-0.05, 0) is 12.8 Å². The molecule has 0 unspecified atom stereocenters. The molecule has 2 nitrogen and oxygen atoms in total. The summed E-state index contributed by atoms with van der Waals surface area (Å²) >= 11 is 0. The van der Waals surface area contributed by atoms with Gasteiger partial charge in [-0.25, -0.2) is 0 Å². The summed E-state index contributed by atoms with van der Waals surface area (Å²) < 4.78 is 0. The van der Waals surface area contributed by atoms with Crippen LogP contribution in [0.2, 0.25) is 0 Å².